The van der Waals surface area contributed by atoms with Crippen LogP contribution in [0.5, 0.6) is 0 Å². The zero-order valence-electron chi connectivity index (χ0n) is 23.0. The molecule has 2 fully saturated rings. The number of amides is 1. The van der Waals surface area contributed by atoms with Gasteiger partial charge in [0, 0.05) is 50.8 Å². The number of hydrogen-bond acceptors (Lipinski definition) is 5. The quantitative estimate of drug-likeness (QED) is 0.462. The lowest BCUT2D eigenvalue weighted by atomic mass is 9.86. The molecule has 1 aromatic carbocycles. The van der Waals surface area contributed by atoms with Gasteiger partial charge in [0.25, 0.3) is 5.91 Å². The van der Waals surface area contributed by atoms with Gasteiger partial charge in [-0.05, 0) is 57.7 Å². The molecule has 38 heavy (non-hydrogen) atoms. The van der Waals surface area contributed by atoms with E-state index in [1.807, 2.05) is 18.7 Å². The van der Waals surface area contributed by atoms with Crippen molar-refractivity contribution in [3.63, 3.8) is 0 Å². The Kier molecular flexibility index (Phi) is 8.77. The van der Waals surface area contributed by atoms with E-state index in [0.717, 1.165) is 75.2 Å². The Morgan fingerprint density at radius 2 is 1.55 bits per heavy atom. The van der Waals surface area contributed by atoms with Crippen molar-refractivity contribution in [3.05, 3.63) is 58.7 Å². The first kappa shape index (κ1) is 28.5. The molecule has 1 atom stereocenters. The van der Waals surface area contributed by atoms with Gasteiger partial charge in [-0.3, -0.25) is 14.6 Å². The summed E-state index contributed by atoms with van der Waals surface area (Å²) in [6.45, 7) is 13.2. The van der Waals surface area contributed by atoms with Crippen molar-refractivity contribution in [3.8, 4) is 0 Å². The predicted octanol–water partition coefficient (Wildman–Crippen LogP) is 5.66. The van der Waals surface area contributed by atoms with Crippen molar-refractivity contribution >= 4 is 5.91 Å². The van der Waals surface area contributed by atoms with Crippen LogP contribution in [-0.4, -0.2) is 75.4 Å². The molecule has 1 unspecified atom stereocenters. The summed E-state index contributed by atoms with van der Waals surface area (Å²) in [5, 5.41) is 0. The molecule has 3 heterocycles. The van der Waals surface area contributed by atoms with Gasteiger partial charge in [-0.2, -0.15) is 13.2 Å². The smallest absolute Gasteiger partial charge is 0.338 e. The molecule has 1 amide bonds. The number of alkyl halides is 3. The van der Waals surface area contributed by atoms with Crippen LogP contribution < -0.4 is 0 Å². The number of nitrogens with zero attached hydrogens (tertiary/aromatic N) is 5. The molecule has 0 bridgehead atoms. The molecule has 208 valence electrons. The zero-order valence-corrected chi connectivity index (χ0v) is 23.0. The Morgan fingerprint density at radius 1 is 0.974 bits per heavy atom. The summed E-state index contributed by atoms with van der Waals surface area (Å²) in [6, 6.07) is 5.87. The zero-order chi connectivity index (χ0) is 27.5. The molecule has 2 aromatic rings. The number of unbranched alkanes of at least 4 members (excludes halogenated alkanes) is 1. The maximum atomic E-state index is 13.2. The minimum absolute atomic E-state index is 0.0165. The number of aromatic nitrogens is 2. The van der Waals surface area contributed by atoms with E-state index in [-0.39, 0.29) is 17.5 Å². The number of piperidine rings is 1. The second kappa shape index (κ2) is 11.7. The third-order valence-corrected chi connectivity index (χ3v) is 8.54. The van der Waals surface area contributed by atoms with Crippen molar-refractivity contribution in [1.82, 2.24) is 24.7 Å². The van der Waals surface area contributed by atoms with Crippen LogP contribution in [0.15, 0.2) is 30.6 Å². The van der Waals surface area contributed by atoms with Crippen LogP contribution in [0.2, 0.25) is 0 Å². The Morgan fingerprint density at radius 3 is 2.08 bits per heavy atom. The molecular weight excluding hydrogens is 491 g/mol. The topological polar surface area (TPSA) is 52.6 Å². The highest BCUT2D eigenvalue weighted by Crippen LogP contribution is 2.35. The van der Waals surface area contributed by atoms with Crippen LogP contribution in [0.3, 0.4) is 0 Å². The minimum Gasteiger partial charge on any atom is -0.338 e. The number of carbonyl (C=O) groups is 1. The van der Waals surface area contributed by atoms with Crippen LogP contribution in [0, 0.1) is 13.8 Å². The van der Waals surface area contributed by atoms with Crippen molar-refractivity contribution in [2.24, 2.45) is 0 Å². The Balaban J connectivity index is 1.37. The predicted molar refractivity (Wildman–Crippen MR) is 142 cm³/mol. The molecule has 2 saturated heterocycles. The summed E-state index contributed by atoms with van der Waals surface area (Å²) in [5.74, 6) is 0.0165. The van der Waals surface area contributed by atoms with E-state index in [4.69, 9.17) is 0 Å². The van der Waals surface area contributed by atoms with Gasteiger partial charge in [-0.1, -0.05) is 31.9 Å². The SMILES string of the molecule is CCCCC(c1ccc(C(F)(F)F)cc1)N1CCN(C2(C)CCN(C(=O)c3c(C)ncnc3C)CC2)CC1. The van der Waals surface area contributed by atoms with E-state index >= 15 is 0 Å². The second-order valence-corrected chi connectivity index (χ2v) is 11.0. The third-order valence-electron chi connectivity index (χ3n) is 8.54. The first-order valence-corrected chi connectivity index (χ1v) is 13.8. The van der Waals surface area contributed by atoms with Gasteiger partial charge in [-0.15, -0.1) is 0 Å². The maximum Gasteiger partial charge on any atom is 0.416 e. The van der Waals surface area contributed by atoms with Crippen molar-refractivity contribution in [2.45, 2.75) is 77.6 Å². The van der Waals surface area contributed by atoms with Crippen LogP contribution in [0.4, 0.5) is 13.2 Å². The lowest BCUT2D eigenvalue weighted by Gasteiger charge is -2.50. The monoisotopic (exact) mass is 531 g/mol. The van der Waals surface area contributed by atoms with Crippen LogP contribution in [0.25, 0.3) is 0 Å². The molecule has 4 rings (SSSR count). The highest BCUT2D eigenvalue weighted by molar-refractivity contribution is 5.96. The fraction of sp³-hybridized carbons (Fsp3) is 0.621. The van der Waals surface area contributed by atoms with Gasteiger partial charge >= 0.3 is 6.18 Å². The lowest BCUT2D eigenvalue weighted by molar-refractivity contribution is -0.137. The minimum atomic E-state index is -4.31. The fourth-order valence-corrected chi connectivity index (χ4v) is 5.99. The van der Waals surface area contributed by atoms with Crippen LogP contribution in [-0.2, 0) is 6.18 Å². The average molecular weight is 532 g/mol. The second-order valence-electron chi connectivity index (χ2n) is 11.0. The standard InChI is InChI=1S/C29H40F3N5O/c1-5-6-7-25(23-8-10-24(11-9-23)29(30,31)32)35-16-18-37(19-17-35)28(4)12-14-36(15-13-28)27(38)26-21(2)33-20-34-22(26)3/h8-11,20,25H,5-7,12-19H2,1-4H3. The molecule has 6 nitrogen and oxygen atoms in total. The van der Waals surface area contributed by atoms with Gasteiger partial charge < -0.3 is 4.90 Å². The van der Waals surface area contributed by atoms with Crippen LogP contribution in [0.1, 0.15) is 84.9 Å². The van der Waals surface area contributed by atoms with E-state index in [9.17, 15) is 18.0 Å². The summed E-state index contributed by atoms with van der Waals surface area (Å²) < 4.78 is 39.2. The fourth-order valence-electron chi connectivity index (χ4n) is 5.99. The first-order chi connectivity index (χ1) is 18.0. The molecule has 0 spiro atoms. The van der Waals surface area contributed by atoms with E-state index in [1.165, 1.54) is 18.5 Å². The highest BCUT2D eigenvalue weighted by Gasteiger charge is 2.39. The molecule has 9 heteroatoms. The maximum absolute atomic E-state index is 13.2. The Labute approximate surface area is 224 Å². The first-order valence-electron chi connectivity index (χ1n) is 13.8. The van der Waals surface area contributed by atoms with Gasteiger partial charge in [0.1, 0.15) is 6.33 Å². The lowest BCUT2D eigenvalue weighted by Crippen LogP contribution is -2.60. The summed E-state index contributed by atoms with van der Waals surface area (Å²) >= 11 is 0. The van der Waals surface area contributed by atoms with Crippen molar-refractivity contribution in [2.75, 3.05) is 39.3 Å². The van der Waals surface area contributed by atoms with Crippen molar-refractivity contribution in [1.29, 1.82) is 0 Å². The molecule has 0 N–H and O–H groups in total. The van der Waals surface area contributed by atoms with Crippen molar-refractivity contribution < 1.29 is 18.0 Å². The van der Waals surface area contributed by atoms with Gasteiger partial charge in [0.15, 0.2) is 0 Å². The summed E-state index contributed by atoms with van der Waals surface area (Å²) in [5.41, 5.74) is 2.45. The summed E-state index contributed by atoms with van der Waals surface area (Å²) in [6.07, 6.45) is 2.03. The summed E-state index contributed by atoms with van der Waals surface area (Å²) in [4.78, 5) is 28.6. The molecule has 2 aliphatic heterocycles. The highest BCUT2D eigenvalue weighted by atomic mass is 19.4. The number of piperazine rings is 1. The number of benzene rings is 1. The largest absolute Gasteiger partial charge is 0.416 e. The van der Waals surface area contributed by atoms with E-state index in [0.29, 0.717) is 18.7 Å². The van der Waals surface area contributed by atoms with Crippen LogP contribution >= 0.6 is 0 Å². The van der Waals surface area contributed by atoms with Gasteiger partial charge in [0.2, 0.25) is 0 Å². The molecular formula is C29H40F3N5O. The number of likely N-dealkylation sites (tertiary alicyclic amines) is 1. The normalized spacial score (nSPS) is 19.9. The number of carbonyl (C=O) groups excluding carboxylic acids is 1. The molecule has 2 aliphatic rings. The molecule has 1 aromatic heterocycles. The van der Waals surface area contributed by atoms with Gasteiger partial charge in [0.05, 0.1) is 22.5 Å². The number of halogens is 3. The Hall–Kier alpha value is -2.52. The summed E-state index contributed by atoms with van der Waals surface area (Å²) in [7, 11) is 0. The third kappa shape index (κ3) is 6.20. The van der Waals surface area contributed by atoms with E-state index < -0.39 is 11.7 Å². The number of rotatable bonds is 7. The Bertz CT molecular complexity index is 1070. The number of hydrogen-bond donors (Lipinski definition) is 0. The average Bonchev–Trinajstić information content (AvgIpc) is 2.89. The molecule has 0 aliphatic carbocycles. The molecule has 0 saturated carbocycles. The van der Waals surface area contributed by atoms with E-state index in [2.05, 4.69) is 33.6 Å². The van der Waals surface area contributed by atoms with Gasteiger partial charge in [-0.25, -0.2) is 9.97 Å². The molecule has 0 radical (unpaired) electrons. The number of aryl methyl sites for hydroxylation is 2. The van der Waals surface area contributed by atoms with E-state index in [1.54, 1.807) is 12.1 Å².